The van der Waals surface area contributed by atoms with Crippen LogP contribution in [0, 0.1) is 34.1 Å². The van der Waals surface area contributed by atoms with Gasteiger partial charge in [0, 0.05) is 48.1 Å². The van der Waals surface area contributed by atoms with E-state index in [-0.39, 0.29) is 36.6 Å². The van der Waals surface area contributed by atoms with Gasteiger partial charge < -0.3 is 4.90 Å². The van der Waals surface area contributed by atoms with Crippen LogP contribution >= 0.6 is 11.3 Å². The van der Waals surface area contributed by atoms with Crippen molar-refractivity contribution >= 4 is 38.6 Å². The molecule has 30 heavy (non-hydrogen) atoms. The molecule has 1 aliphatic rings. The molecule has 0 bridgehead atoms. The van der Waals surface area contributed by atoms with E-state index in [0.29, 0.717) is 4.88 Å². The van der Waals surface area contributed by atoms with Gasteiger partial charge in [0.25, 0.3) is 17.3 Å². The summed E-state index contributed by atoms with van der Waals surface area (Å²) in [6.07, 6.45) is 0. The molecule has 0 radical (unpaired) electrons. The molecule has 1 aromatic carbocycles. The van der Waals surface area contributed by atoms with Crippen molar-refractivity contribution in [2.45, 2.75) is 18.7 Å². The zero-order chi connectivity index (χ0) is 22.2. The van der Waals surface area contributed by atoms with Gasteiger partial charge in [-0.1, -0.05) is 0 Å². The Hall–Kier alpha value is -2.90. The van der Waals surface area contributed by atoms with E-state index >= 15 is 0 Å². The van der Waals surface area contributed by atoms with Crippen LogP contribution in [0.25, 0.3) is 0 Å². The van der Waals surface area contributed by atoms with Crippen LogP contribution in [0.15, 0.2) is 29.2 Å². The molecule has 0 N–H and O–H groups in total. The Labute approximate surface area is 175 Å². The van der Waals surface area contributed by atoms with Crippen LogP contribution in [0.4, 0.5) is 11.4 Å². The average Bonchev–Trinajstić information content (AvgIpc) is 3.05. The molecule has 13 heteroatoms. The lowest BCUT2D eigenvalue weighted by Gasteiger charge is -2.34. The van der Waals surface area contributed by atoms with E-state index in [9.17, 15) is 33.4 Å². The molecule has 1 amide bonds. The Balaban J connectivity index is 1.78. The molecule has 3 rings (SSSR count). The maximum Gasteiger partial charge on any atom is 0.277 e. The highest BCUT2D eigenvalue weighted by molar-refractivity contribution is 7.89. The zero-order valence-electron chi connectivity index (χ0n) is 16.1. The molecule has 0 aliphatic carbocycles. The Bertz CT molecular complexity index is 1100. The number of nitro groups is 2. The van der Waals surface area contributed by atoms with E-state index in [4.69, 9.17) is 0 Å². The van der Waals surface area contributed by atoms with Crippen molar-refractivity contribution in [3.8, 4) is 0 Å². The standard InChI is InChI=1S/C17H18N4O7S2/c1-11-7-16(12(2)29-11)30(27,28)19-5-3-18(4-6-19)17(22)13-8-14(20(23)24)10-15(9-13)21(25)26/h7-10H,3-6H2,1-2H3. The minimum atomic E-state index is -3.69. The van der Waals surface area contributed by atoms with Gasteiger partial charge in [0.2, 0.25) is 10.0 Å². The summed E-state index contributed by atoms with van der Waals surface area (Å²) < 4.78 is 27.1. The minimum Gasteiger partial charge on any atom is -0.336 e. The van der Waals surface area contributed by atoms with Gasteiger partial charge in [-0.2, -0.15) is 4.31 Å². The normalized spacial score (nSPS) is 15.2. The number of hydrogen-bond donors (Lipinski definition) is 0. The van der Waals surface area contributed by atoms with Gasteiger partial charge in [0.05, 0.1) is 26.4 Å². The number of carbonyl (C=O) groups excluding carboxylic acids is 1. The molecule has 0 saturated carbocycles. The summed E-state index contributed by atoms with van der Waals surface area (Å²) in [6, 6.07) is 4.37. The van der Waals surface area contributed by atoms with Crippen LogP contribution in [0.5, 0.6) is 0 Å². The van der Waals surface area contributed by atoms with E-state index in [2.05, 4.69) is 0 Å². The summed E-state index contributed by atoms with van der Waals surface area (Å²) in [5.74, 6) is -0.624. The Kier molecular flexibility index (Phi) is 5.87. The van der Waals surface area contributed by atoms with E-state index in [0.717, 1.165) is 23.1 Å². The molecule has 160 valence electrons. The quantitative estimate of drug-likeness (QED) is 0.498. The predicted molar refractivity (Wildman–Crippen MR) is 108 cm³/mol. The summed E-state index contributed by atoms with van der Waals surface area (Å²) in [6.45, 7) is 3.80. The predicted octanol–water partition coefficient (Wildman–Crippen LogP) is 2.33. The lowest BCUT2D eigenvalue weighted by Crippen LogP contribution is -2.50. The second-order valence-electron chi connectivity index (χ2n) is 6.73. The number of rotatable bonds is 5. The van der Waals surface area contributed by atoms with E-state index in [1.54, 1.807) is 13.0 Å². The summed E-state index contributed by atoms with van der Waals surface area (Å²) in [5, 5.41) is 22.1. The fourth-order valence-electron chi connectivity index (χ4n) is 3.25. The molecule has 11 nitrogen and oxygen atoms in total. The van der Waals surface area contributed by atoms with E-state index < -0.39 is 37.2 Å². The van der Waals surface area contributed by atoms with E-state index in [1.807, 2.05) is 6.92 Å². The average molecular weight is 454 g/mol. The number of aryl methyl sites for hydroxylation is 2. The molecule has 0 spiro atoms. The highest BCUT2D eigenvalue weighted by atomic mass is 32.2. The van der Waals surface area contributed by atoms with Crippen molar-refractivity contribution in [3.05, 3.63) is 59.8 Å². The van der Waals surface area contributed by atoms with Crippen LogP contribution in [-0.2, 0) is 10.0 Å². The number of carbonyl (C=O) groups is 1. The second-order valence-corrected chi connectivity index (χ2v) is 10.1. The molecule has 1 aliphatic heterocycles. The first kappa shape index (κ1) is 21.8. The summed E-state index contributed by atoms with van der Waals surface area (Å²) in [7, 11) is -3.69. The Morgan fingerprint density at radius 3 is 1.93 bits per heavy atom. The summed E-state index contributed by atoms with van der Waals surface area (Å²) in [4.78, 5) is 36.3. The highest BCUT2D eigenvalue weighted by Gasteiger charge is 2.33. The van der Waals surface area contributed by atoms with Crippen molar-refractivity contribution < 1.29 is 23.1 Å². The number of non-ortho nitro benzene ring substituents is 2. The second kappa shape index (κ2) is 8.08. The summed E-state index contributed by atoms with van der Waals surface area (Å²) in [5.41, 5.74) is -1.30. The molecule has 2 heterocycles. The third kappa shape index (κ3) is 4.17. The number of nitrogens with zero attached hydrogens (tertiary/aromatic N) is 4. The number of benzene rings is 1. The van der Waals surface area contributed by atoms with Crippen molar-refractivity contribution in [3.63, 3.8) is 0 Å². The van der Waals surface area contributed by atoms with Gasteiger partial charge in [-0.3, -0.25) is 25.0 Å². The first-order chi connectivity index (χ1) is 14.0. The lowest BCUT2D eigenvalue weighted by molar-refractivity contribution is -0.394. The van der Waals surface area contributed by atoms with Crippen LogP contribution in [0.3, 0.4) is 0 Å². The van der Waals surface area contributed by atoms with Crippen LogP contribution in [0.1, 0.15) is 20.1 Å². The smallest absolute Gasteiger partial charge is 0.277 e. The molecule has 1 fully saturated rings. The maximum absolute atomic E-state index is 12.9. The summed E-state index contributed by atoms with van der Waals surface area (Å²) >= 11 is 1.39. The van der Waals surface area contributed by atoms with Gasteiger partial charge in [-0.25, -0.2) is 8.42 Å². The monoisotopic (exact) mass is 454 g/mol. The molecule has 0 unspecified atom stereocenters. The number of sulfonamides is 1. The third-order valence-electron chi connectivity index (χ3n) is 4.71. The van der Waals surface area contributed by atoms with E-state index in [1.165, 1.54) is 20.5 Å². The fraction of sp³-hybridized carbons (Fsp3) is 0.353. The lowest BCUT2D eigenvalue weighted by atomic mass is 10.1. The highest BCUT2D eigenvalue weighted by Crippen LogP contribution is 2.29. The van der Waals surface area contributed by atoms with Gasteiger partial charge >= 0.3 is 0 Å². The Morgan fingerprint density at radius 1 is 0.967 bits per heavy atom. The number of hydrogen-bond acceptors (Lipinski definition) is 8. The van der Waals surface area contributed by atoms with Gasteiger partial charge in [0.1, 0.15) is 0 Å². The molecule has 0 atom stereocenters. The number of nitro benzene ring substituents is 2. The molecule has 2 aromatic rings. The molecule has 1 aromatic heterocycles. The molecular weight excluding hydrogens is 436 g/mol. The van der Waals surface area contributed by atoms with Crippen LogP contribution < -0.4 is 0 Å². The van der Waals surface area contributed by atoms with Crippen molar-refractivity contribution in [2.75, 3.05) is 26.2 Å². The SMILES string of the molecule is Cc1cc(S(=O)(=O)N2CCN(C(=O)c3cc([N+](=O)[O-])cc([N+](=O)[O-])c3)CC2)c(C)s1. The van der Waals surface area contributed by atoms with Crippen LogP contribution in [-0.4, -0.2) is 59.6 Å². The number of piperazine rings is 1. The molecular formula is C17H18N4O7S2. The van der Waals surface area contributed by atoms with Crippen molar-refractivity contribution in [1.82, 2.24) is 9.21 Å². The first-order valence-corrected chi connectivity index (χ1v) is 11.1. The number of thiophene rings is 1. The topological polar surface area (TPSA) is 144 Å². The minimum absolute atomic E-state index is 0.0550. The first-order valence-electron chi connectivity index (χ1n) is 8.81. The van der Waals surface area contributed by atoms with Gasteiger partial charge in [0.15, 0.2) is 0 Å². The number of amides is 1. The largest absolute Gasteiger partial charge is 0.336 e. The van der Waals surface area contributed by atoms with Crippen LogP contribution in [0.2, 0.25) is 0 Å². The molecule has 1 saturated heterocycles. The third-order valence-corrected chi connectivity index (χ3v) is 7.83. The zero-order valence-corrected chi connectivity index (χ0v) is 17.7. The van der Waals surface area contributed by atoms with Gasteiger partial charge in [-0.05, 0) is 19.9 Å². The Morgan fingerprint density at radius 2 is 1.50 bits per heavy atom. The van der Waals surface area contributed by atoms with Crippen molar-refractivity contribution in [1.29, 1.82) is 0 Å². The fourth-order valence-corrected chi connectivity index (χ4v) is 6.19. The maximum atomic E-state index is 12.9. The van der Waals surface area contributed by atoms with Gasteiger partial charge in [-0.15, -0.1) is 11.3 Å². The van der Waals surface area contributed by atoms with Crippen molar-refractivity contribution in [2.24, 2.45) is 0 Å².